The molecule has 8 rings (SSSR count). The third kappa shape index (κ3) is 11.7. The predicted octanol–water partition coefficient (Wildman–Crippen LogP) is 11.3. The molecule has 1 unspecified atom stereocenters. The van der Waals surface area contributed by atoms with Crippen LogP contribution in [0.15, 0.2) is 186 Å². The first kappa shape index (κ1) is 42.3. The summed E-state index contributed by atoms with van der Waals surface area (Å²) in [5, 5.41) is 8.98. The van der Waals surface area contributed by atoms with E-state index in [4.69, 9.17) is 11.5 Å². The molecule has 6 aromatic rings. The van der Waals surface area contributed by atoms with Gasteiger partial charge in [0, 0.05) is 38.0 Å². The maximum Gasteiger partial charge on any atom is 0.0934 e. The van der Waals surface area contributed by atoms with Gasteiger partial charge in [-0.1, -0.05) is 165 Å². The third-order valence-corrected chi connectivity index (χ3v) is 10.8. The molecule has 0 spiro atoms. The van der Waals surface area contributed by atoms with Crippen molar-refractivity contribution in [1.82, 2.24) is 9.88 Å². The topological polar surface area (TPSA) is 69.0 Å². The average molecular weight is 791 g/mol. The van der Waals surface area contributed by atoms with Crippen LogP contribution in [-0.2, 0) is 0 Å². The first-order valence-electron chi connectivity index (χ1n) is 20.4. The number of benzene rings is 4. The monoisotopic (exact) mass is 790 g/mol. The van der Waals surface area contributed by atoms with Crippen LogP contribution in [0.5, 0.6) is 0 Å². The zero-order valence-electron chi connectivity index (χ0n) is 34.3. The minimum absolute atomic E-state index is 0.0498. The van der Waals surface area contributed by atoms with E-state index < -0.39 is 0 Å². The van der Waals surface area contributed by atoms with Crippen molar-refractivity contribution in [1.29, 1.82) is 0 Å². The van der Waals surface area contributed by atoms with Crippen molar-refractivity contribution < 1.29 is 0 Å². The Morgan fingerprint density at radius 1 is 0.847 bits per heavy atom. The molecule has 3 heterocycles. The number of aryl methyl sites for hydroxylation is 1. The standard InChI is InChI=1S/C39H31NS.C8H13N.C7H10N2/c1-3-4-5-15-34-26-38-36(24-32-23-30-12-6-7-13-31(30)25-39(32)41-34)35-16-8-9-17-37(35)40(38)33-20-18-28(19-21-33)29-14-10-11-27(2)22-29;1-2-3-4-5-6-7-8-9;8-7-5-3-1-2-4-6-9-7/h7-11,13-26H,3-5H2,1-2H3;2-7H,8-9H2,1H3;1-7,9H,8H2/b34-15-,36-24-,38-26+;3-2+,5-4-,7-6-;2-1-,5-3+,6-4-. The largest absolute Gasteiger partial charge is 0.373 e. The van der Waals surface area contributed by atoms with E-state index in [9.17, 15) is 0 Å². The summed E-state index contributed by atoms with van der Waals surface area (Å²) < 4.78 is 2.43. The maximum atomic E-state index is 5.52. The second-order valence-electron chi connectivity index (χ2n) is 14.2. The summed E-state index contributed by atoms with van der Waals surface area (Å²) in [5.74, 6) is 0. The van der Waals surface area contributed by atoms with E-state index in [0.29, 0.717) is 6.54 Å². The van der Waals surface area contributed by atoms with E-state index in [0.717, 1.165) is 11.8 Å². The van der Waals surface area contributed by atoms with E-state index in [1.807, 2.05) is 97.8 Å². The molecule has 0 amide bonds. The van der Waals surface area contributed by atoms with Gasteiger partial charge in [-0.25, -0.2) is 0 Å². The minimum Gasteiger partial charge on any atom is -0.373 e. The zero-order valence-corrected chi connectivity index (χ0v) is 35.1. The molecule has 5 heteroatoms. The van der Waals surface area contributed by atoms with Crippen molar-refractivity contribution >= 4 is 45.6 Å². The summed E-state index contributed by atoms with van der Waals surface area (Å²) in [6.07, 6.45) is 33.7. The van der Waals surface area contributed by atoms with Crippen LogP contribution in [0.3, 0.4) is 0 Å². The van der Waals surface area contributed by atoms with E-state index in [1.165, 1.54) is 77.4 Å². The highest BCUT2D eigenvalue weighted by Crippen LogP contribution is 2.35. The molecule has 1 aromatic heterocycles. The number of thioether (sulfide) groups is 1. The van der Waals surface area contributed by atoms with Crippen molar-refractivity contribution in [2.75, 3.05) is 6.54 Å². The van der Waals surface area contributed by atoms with Gasteiger partial charge < -0.3 is 21.4 Å². The lowest BCUT2D eigenvalue weighted by Crippen LogP contribution is -2.31. The molecule has 2 aliphatic rings. The van der Waals surface area contributed by atoms with Gasteiger partial charge in [-0.15, -0.1) is 0 Å². The Morgan fingerprint density at radius 2 is 1.68 bits per heavy atom. The quantitative estimate of drug-likeness (QED) is 0.106. The molecule has 4 nitrogen and oxygen atoms in total. The summed E-state index contributed by atoms with van der Waals surface area (Å²) in [7, 11) is 0. The smallest absolute Gasteiger partial charge is 0.0934 e. The molecular weight excluding hydrogens is 737 g/mol. The fourth-order valence-corrected chi connectivity index (χ4v) is 7.82. The van der Waals surface area contributed by atoms with E-state index >= 15 is 0 Å². The first-order valence-corrected chi connectivity index (χ1v) is 21.2. The second kappa shape index (κ2) is 22.0. The number of fused-ring (bicyclic) bond motifs is 5. The summed E-state index contributed by atoms with van der Waals surface area (Å²) >= 11 is 1.87. The fourth-order valence-electron chi connectivity index (χ4n) is 6.78. The maximum absolute atomic E-state index is 5.52. The molecule has 5 N–H and O–H groups in total. The van der Waals surface area contributed by atoms with Gasteiger partial charge in [0.15, 0.2) is 0 Å². The van der Waals surface area contributed by atoms with Crippen LogP contribution in [0.4, 0.5) is 0 Å². The van der Waals surface area contributed by atoms with Gasteiger partial charge in [0.25, 0.3) is 0 Å². The van der Waals surface area contributed by atoms with Crippen LogP contribution >= 0.6 is 11.8 Å². The Hall–Kier alpha value is -6.29. The van der Waals surface area contributed by atoms with Crippen LogP contribution < -0.4 is 27.4 Å². The Kier molecular flexibility index (Phi) is 15.8. The SMILES string of the molecule is C/C=C/C=C\C=C/CN.CCCC/C=C1/C=c2\c(c3ccccc3n2-c2ccc(-c3cccc(C)c3)cc2)=C/c2cc3c#cccc3cc2S1.NC1/C=C/C=C\C=C/N1. The van der Waals surface area contributed by atoms with Crippen molar-refractivity contribution in [3.8, 4) is 16.8 Å². The normalized spacial score (nSPS) is 17.9. The summed E-state index contributed by atoms with van der Waals surface area (Å²) in [5.41, 5.74) is 18.1. The number of rotatable bonds is 8. The molecule has 0 saturated heterocycles. The summed E-state index contributed by atoms with van der Waals surface area (Å²) in [6.45, 7) is 7.00. The van der Waals surface area contributed by atoms with Gasteiger partial charge in [-0.3, -0.25) is 0 Å². The predicted molar refractivity (Wildman–Crippen MR) is 256 cm³/mol. The molecule has 0 bridgehead atoms. The molecule has 59 heavy (non-hydrogen) atoms. The molecule has 5 aromatic carbocycles. The first-order chi connectivity index (χ1) is 29.0. The van der Waals surface area contributed by atoms with Crippen LogP contribution in [0.2, 0.25) is 0 Å². The molecule has 0 aliphatic carbocycles. The lowest BCUT2D eigenvalue weighted by Gasteiger charge is -2.12. The second-order valence-corrected chi connectivity index (χ2v) is 15.3. The van der Waals surface area contributed by atoms with E-state index in [-0.39, 0.29) is 6.17 Å². The van der Waals surface area contributed by atoms with E-state index in [1.54, 1.807) is 0 Å². The lowest BCUT2D eigenvalue weighted by atomic mass is 10.0. The number of nitrogens with zero attached hydrogens (tertiary/aromatic N) is 1. The number of hydrogen-bond donors (Lipinski definition) is 3. The van der Waals surface area contributed by atoms with Gasteiger partial charge >= 0.3 is 0 Å². The Morgan fingerprint density at radius 3 is 2.49 bits per heavy atom. The molecular formula is C54H54N4S. The van der Waals surface area contributed by atoms with Crippen molar-refractivity contribution in [2.45, 2.75) is 51.1 Å². The number of nitrogens with one attached hydrogen (secondary N) is 1. The van der Waals surface area contributed by atoms with E-state index in [2.05, 4.69) is 145 Å². The third-order valence-electron chi connectivity index (χ3n) is 9.71. The number of nitrogens with two attached hydrogens (primary N) is 2. The highest BCUT2D eigenvalue weighted by molar-refractivity contribution is 8.03. The van der Waals surface area contributed by atoms with Crippen LogP contribution in [0, 0.1) is 19.1 Å². The van der Waals surface area contributed by atoms with Gasteiger partial charge in [-0.05, 0) is 115 Å². The minimum atomic E-state index is -0.0498. The highest BCUT2D eigenvalue weighted by Gasteiger charge is 2.15. The van der Waals surface area contributed by atoms with Gasteiger partial charge in [0.1, 0.15) is 0 Å². The van der Waals surface area contributed by atoms with Crippen LogP contribution in [0.25, 0.3) is 50.6 Å². The number of unbranched alkanes of at least 4 members (excludes halogenated alkanes) is 2. The number of allylic oxidation sites excluding steroid dienone is 11. The fraction of sp³-hybridized carbons (Fsp3) is 0.148. The van der Waals surface area contributed by atoms with Crippen LogP contribution in [0.1, 0.15) is 44.2 Å². The number of aromatic nitrogens is 1. The Bertz CT molecular complexity index is 2670. The lowest BCUT2D eigenvalue weighted by molar-refractivity contribution is 0.734. The number of para-hydroxylation sites is 1. The van der Waals surface area contributed by atoms with Crippen molar-refractivity contribution in [3.63, 3.8) is 0 Å². The molecule has 0 saturated carbocycles. The molecule has 2 aliphatic heterocycles. The van der Waals surface area contributed by atoms with Gasteiger partial charge in [0.2, 0.25) is 0 Å². The summed E-state index contributed by atoms with van der Waals surface area (Å²) in [6, 6.07) is 41.7. The van der Waals surface area contributed by atoms with Crippen molar-refractivity contribution in [3.05, 3.63) is 215 Å². The highest BCUT2D eigenvalue weighted by atomic mass is 32.2. The Balaban J connectivity index is 0.000000270. The average Bonchev–Trinajstić information content (AvgIpc) is 3.53. The zero-order chi connectivity index (χ0) is 41.2. The summed E-state index contributed by atoms with van der Waals surface area (Å²) in [4.78, 5) is 2.57. The molecule has 0 fully saturated rings. The van der Waals surface area contributed by atoms with Crippen molar-refractivity contribution in [2.24, 2.45) is 11.5 Å². The Labute approximate surface area is 354 Å². The molecule has 0 radical (unpaired) electrons. The van der Waals surface area contributed by atoms with Gasteiger partial charge in [0.05, 0.1) is 17.0 Å². The van der Waals surface area contributed by atoms with Crippen LogP contribution in [-0.4, -0.2) is 17.3 Å². The molecule has 296 valence electrons. The number of hydrogen-bond acceptors (Lipinski definition) is 4. The molecule has 1 atom stereocenters. The van der Waals surface area contributed by atoms with Gasteiger partial charge in [-0.2, -0.15) is 0 Å².